The molecule has 2 N–H and O–H groups in total. The summed E-state index contributed by atoms with van der Waals surface area (Å²) >= 11 is 1.43. The van der Waals surface area contributed by atoms with Crippen molar-refractivity contribution < 1.29 is 18.0 Å². The number of thiophene rings is 1. The molecule has 3 aromatic rings. The monoisotopic (exact) mass is 468 g/mol. The summed E-state index contributed by atoms with van der Waals surface area (Å²) < 4.78 is 23.7. The third-order valence-electron chi connectivity index (χ3n) is 5.45. The Morgan fingerprint density at radius 1 is 0.969 bits per heavy atom. The quantitative estimate of drug-likeness (QED) is 0.567. The highest BCUT2D eigenvalue weighted by molar-refractivity contribution is 7.90. The summed E-state index contributed by atoms with van der Waals surface area (Å²) in [7, 11) is -3.43. The Morgan fingerprint density at radius 3 is 2.47 bits per heavy atom. The third kappa shape index (κ3) is 4.92. The minimum atomic E-state index is -3.43. The highest BCUT2D eigenvalue weighted by Crippen LogP contribution is 2.38. The molecule has 0 spiro atoms. The van der Waals surface area contributed by atoms with E-state index in [1.165, 1.54) is 29.5 Å². The van der Waals surface area contributed by atoms with Crippen molar-refractivity contribution in [2.45, 2.75) is 37.1 Å². The van der Waals surface area contributed by atoms with Crippen LogP contribution in [0, 0.1) is 0 Å². The Labute approximate surface area is 191 Å². The molecule has 0 bridgehead atoms. The number of carbonyl (C=O) groups excluding carboxylic acids is 2. The molecule has 1 aliphatic rings. The first-order chi connectivity index (χ1) is 15.3. The first kappa shape index (κ1) is 22.2. The molecule has 1 aromatic heterocycles. The first-order valence-electron chi connectivity index (χ1n) is 10.4. The molecule has 32 heavy (non-hydrogen) atoms. The van der Waals surface area contributed by atoms with E-state index < -0.39 is 15.7 Å². The van der Waals surface area contributed by atoms with Crippen LogP contribution in [0.3, 0.4) is 0 Å². The third-order valence-corrected chi connectivity index (χ3v) is 7.76. The highest BCUT2D eigenvalue weighted by Gasteiger charge is 2.26. The lowest BCUT2D eigenvalue weighted by atomic mass is 9.95. The van der Waals surface area contributed by atoms with Crippen molar-refractivity contribution in [3.63, 3.8) is 0 Å². The molecule has 2 aromatic carbocycles. The van der Waals surface area contributed by atoms with E-state index in [1.807, 2.05) is 30.3 Å². The first-order valence-corrected chi connectivity index (χ1v) is 13.1. The van der Waals surface area contributed by atoms with E-state index in [4.69, 9.17) is 0 Å². The van der Waals surface area contributed by atoms with Crippen molar-refractivity contribution in [1.82, 2.24) is 5.32 Å². The van der Waals surface area contributed by atoms with Crippen LogP contribution in [0.25, 0.3) is 0 Å². The van der Waals surface area contributed by atoms with Gasteiger partial charge < -0.3 is 10.6 Å². The number of benzene rings is 2. The van der Waals surface area contributed by atoms with Crippen LogP contribution >= 0.6 is 11.3 Å². The number of carbonyl (C=O) groups is 2. The van der Waals surface area contributed by atoms with Crippen molar-refractivity contribution >= 4 is 38.0 Å². The highest BCUT2D eigenvalue weighted by atomic mass is 32.2. The van der Waals surface area contributed by atoms with E-state index in [0.717, 1.165) is 47.9 Å². The Morgan fingerprint density at radius 2 is 1.72 bits per heavy atom. The molecule has 0 saturated heterocycles. The number of nitrogens with one attached hydrogen (secondary N) is 2. The molecule has 0 saturated carbocycles. The molecule has 0 atom stereocenters. The topological polar surface area (TPSA) is 92.3 Å². The average Bonchev–Trinajstić information content (AvgIpc) is 3.15. The summed E-state index contributed by atoms with van der Waals surface area (Å²) in [6, 6.07) is 15.6. The van der Waals surface area contributed by atoms with E-state index in [0.29, 0.717) is 17.1 Å². The predicted octanol–water partition coefficient (Wildman–Crippen LogP) is 4.21. The number of hydrogen-bond acceptors (Lipinski definition) is 5. The van der Waals surface area contributed by atoms with Crippen LogP contribution in [-0.2, 0) is 29.2 Å². The van der Waals surface area contributed by atoms with Gasteiger partial charge in [-0.25, -0.2) is 8.42 Å². The summed E-state index contributed by atoms with van der Waals surface area (Å²) in [4.78, 5) is 27.3. The number of hydrogen-bond donors (Lipinski definition) is 2. The SMILES string of the molecule is CS(=O)(=O)c1cccc(C(=O)Nc2sc3c(c2C(=O)NCc2ccccc2)CCCC3)c1. The van der Waals surface area contributed by atoms with Gasteiger partial charge in [0.05, 0.1) is 10.5 Å². The molecule has 0 aliphatic heterocycles. The molecular formula is C24H24N2O4S2. The molecule has 1 heterocycles. The molecule has 2 amide bonds. The van der Waals surface area contributed by atoms with Crippen LogP contribution in [0.5, 0.6) is 0 Å². The number of sulfone groups is 1. The molecule has 4 rings (SSSR count). The maximum Gasteiger partial charge on any atom is 0.256 e. The maximum atomic E-state index is 13.1. The van der Waals surface area contributed by atoms with E-state index in [2.05, 4.69) is 10.6 Å². The zero-order valence-electron chi connectivity index (χ0n) is 17.7. The normalized spacial score (nSPS) is 13.3. The average molecular weight is 469 g/mol. The van der Waals surface area contributed by atoms with Gasteiger partial charge in [0.15, 0.2) is 9.84 Å². The Bertz CT molecular complexity index is 1260. The Balaban J connectivity index is 1.60. The van der Waals surface area contributed by atoms with Gasteiger partial charge in [-0.05, 0) is 55.0 Å². The molecule has 6 nitrogen and oxygen atoms in total. The van der Waals surface area contributed by atoms with Crippen LogP contribution in [0.4, 0.5) is 5.00 Å². The summed E-state index contributed by atoms with van der Waals surface area (Å²) in [6.45, 7) is 0.397. The van der Waals surface area contributed by atoms with Crippen molar-refractivity contribution in [3.8, 4) is 0 Å². The van der Waals surface area contributed by atoms with Gasteiger partial charge in [-0.1, -0.05) is 36.4 Å². The fourth-order valence-electron chi connectivity index (χ4n) is 3.80. The van der Waals surface area contributed by atoms with E-state index in [-0.39, 0.29) is 16.4 Å². The lowest BCUT2D eigenvalue weighted by Gasteiger charge is -2.13. The summed E-state index contributed by atoms with van der Waals surface area (Å²) in [5.41, 5.74) is 2.75. The lowest BCUT2D eigenvalue weighted by molar-refractivity contribution is 0.0951. The summed E-state index contributed by atoms with van der Waals surface area (Å²) in [5, 5.41) is 6.35. The zero-order chi connectivity index (χ0) is 22.7. The van der Waals surface area contributed by atoms with Crippen molar-refractivity contribution in [2.24, 2.45) is 0 Å². The smallest absolute Gasteiger partial charge is 0.256 e. The Kier molecular flexibility index (Phi) is 6.43. The molecule has 1 aliphatic carbocycles. The number of anilines is 1. The van der Waals surface area contributed by atoms with Crippen LogP contribution in [0.1, 0.15) is 49.6 Å². The molecule has 166 valence electrons. The van der Waals surface area contributed by atoms with Crippen LogP contribution < -0.4 is 10.6 Å². The Hall–Kier alpha value is -2.97. The van der Waals surface area contributed by atoms with Gasteiger partial charge in [-0.15, -0.1) is 11.3 Å². The van der Waals surface area contributed by atoms with Gasteiger partial charge in [0.1, 0.15) is 5.00 Å². The summed E-state index contributed by atoms with van der Waals surface area (Å²) in [6.07, 6.45) is 4.86. The van der Waals surface area contributed by atoms with Crippen LogP contribution in [0.2, 0.25) is 0 Å². The molecule has 0 unspecified atom stereocenters. The molecule has 0 radical (unpaired) electrons. The largest absolute Gasteiger partial charge is 0.348 e. The van der Waals surface area contributed by atoms with Crippen LogP contribution in [-0.4, -0.2) is 26.5 Å². The second-order valence-electron chi connectivity index (χ2n) is 7.84. The lowest BCUT2D eigenvalue weighted by Crippen LogP contribution is -2.25. The maximum absolute atomic E-state index is 13.1. The van der Waals surface area contributed by atoms with Gasteiger partial charge in [0.25, 0.3) is 11.8 Å². The molecule has 0 fully saturated rings. The van der Waals surface area contributed by atoms with Crippen molar-refractivity contribution in [2.75, 3.05) is 11.6 Å². The second kappa shape index (κ2) is 9.26. The number of fused-ring (bicyclic) bond motifs is 1. The van der Waals surface area contributed by atoms with E-state index in [1.54, 1.807) is 6.07 Å². The fraction of sp³-hybridized carbons (Fsp3) is 0.250. The van der Waals surface area contributed by atoms with E-state index >= 15 is 0 Å². The number of rotatable bonds is 6. The van der Waals surface area contributed by atoms with Gasteiger partial charge in [-0.3, -0.25) is 9.59 Å². The summed E-state index contributed by atoms with van der Waals surface area (Å²) in [5.74, 6) is -0.653. The standard InChI is InChI=1S/C24H24N2O4S2/c1-32(29,30)18-11-7-10-17(14-18)22(27)26-24-21(19-12-5-6-13-20(19)31-24)23(28)25-15-16-8-3-2-4-9-16/h2-4,7-11,14H,5-6,12-13,15H2,1H3,(H,25,28)(H,26,27). The fourth-order valence-corrected chi connectivity index (χ4v) is 5.75. The predicted molar refractivity (Wildman–Crippen MR) is 126 cm³/mol. The van der Waals surface area contributed by atoms with Crippen LogP contribution in [0.15, 0.2) is 59.5 Å². The molecular weight excluding hydrogens is 444 g/mol. The van der Waals surface area contributed by atoms with Gasteiger partial charge in [0, 0.05) is 23.2 Å². The van der Waals surface area contributed by atoms with Crippen molar-refractivity contribution in [1.29, 1.82) is 0 Å². The van der Waals surface area contributed by atoms with Crippen molar-refractivity contribution in [3.05, 3.63) is 81.7 Å². The minimum absolute atomic E-state index is 0.0800. The van der Waals surface area contributed by atoms with Gasteiger partial charge in [0.2, 0.25) is 0 Å². The number of amides is 2. The van der Waals surface area contributed by atoms with Gasteiger partial charge >= 0.3 is 0 Å². The minimum Gasteiger partial charge on any atom is -0.348 e. The zero-order valence-corrected chi connectivity index (χ0v) is 19.3. The van der Waals surface area contributed by atoms with Gasteiger partial charge in [-0.2, -0.15) is 0 Å². The number of aryl methyl sites for hydroxylation is 1. The van der Waals surface area contributed by atoms with E-state index in [9.17, 15) is 18.0 Å². The second-order valence-corrected chi connectivity index (χ2v) is 11.0. The molecule has 8 heteroatoms.